The van der Waals surface area contributed by atoms with Gasteiger partial charge in [0, 0.05) is 18.1 Å². The SMILES string of the molecule is CC(O)n1cc(CCN(C)C)c2c(O)cccc21. The van der Waals surface area contributed by atoms with Gasteiger partial charge in [-0.2, -0.15) is 0 Å². The van der Waals surface area contributed by atoms with Gasteiger partial charge >= 0.3 is 0 Å². The van der Waals surface area contributed by atoms with Crippen LogP contribution in [0.3, 0.4) is 0 Å². The average Bonchev–Trinajstić information content (AvgIpc) is 2.67. The number of aliphatic hydroxyl groups is 1. The Morgan fingerprint density at radius 3 is 2.67 bits per heavy atom. The van der Waals surface area contributed by atoms with E-state index in [1.807, 2.05) is 26.4 Å². The average molecular weight is 248 g/mol. The van der Waals surface area contributed by atoms with E-state index in [2.05, 4.69) is 4.90 Å². The van der Waals surface area contributed by atoms with Gasteiger partial charge in [-0.05, 0) is 45.1 Å². The first kappa shape index (κ1) is 12.9. The highest BCUT2D eigenvalue weighted by atomic mass is 16.3. The molecule has 1 atom stereocenters. The zero-order chi connectivity index (χ0) is 13.3. The second-order valence-electron chi connectivity index (χ2n) is 4.92. The smallest absolute Gasteiger partial charge is 0.127 e. The van der Waals surface area contributed by atoms with Crippen LogP contribution in [0.5, 0.6) is 5.75 Å². The second-order valence-corrected chi connectivity index (χ2v) is 4.92. The summed E-state index contributed by atoms with van der Waals surface area (Å²) in [6.45, 7) is 2.63. The van der Waals surface area contributed by atoms with Gasteiger partial charge in [-0.3, -0.25) is 0 Å². The third kappa shape index (κ3) is 2.35. The molecule has 0 spiro atoms. The van der Waals surface area contributed by atoms with Crippen molar-refractivity contribution in [3.8, 4) is 5.75 Å². The maximum absolute atomic E-state index is 10.0. The van der Waals surface area contributed by atoms with Gasteiger partial charge in [-0.1, -0.05) is 6.07 Å². The highest BCUT2D eigenvalue weighted by molar-refractivity contribution is 5.89. The number of nitrogens with zero attached hydrogens (tertiary/aromatic N) is 2. The zero-order valence-corrected chi connectivity index (χ0v) is 11.1. The van der Waals surface area contributed by atoms with Gasteiger partial charge in [0.2, 0.25) is 0 Å². The molecule has 2 rings (SSSR count). The number of hydrogen-bond donors (Lipinski definition) is 2. The van der Waals surface area contributed by atoms with Crippen LogP contribution in [-0.4, -0.2) is 40.3 Å². The Labute approximate surface area is 107 Å². The van der Waals surface area contributed by atoms with Gasteiger partial charge in [0.15, 0.2) is 0 Å². The van der Waals surface area contributed by atoms with Crippen molar-refractivity contribution in [1.82, 2.24) is 9.47 Å². The first-order valence-corrected chi connectivity index (χ1v) is 6.15. The number of aromatic nitrogens is 1. The van der Waals surface area contributed by atoms with Crippen molar-refractivity contribution in [3.05, 3.63) is 30.0 Å². The quantitative estimate of drug-likeness (QED) is 0.869. The molecule has 0 bridgehead atoms. The Bertz CT molecular complexity index is 544. The monoisotopic (exact) mass is 248 g/mol. The summed E-state index contributed by atoms with van der Waals surface area (Å²) in [4.78, 5) is 2.10. The van der Waals surface area contributed by atoms with Crippen LogP contribution >= 0.6 is 0 Å². The van der Waals surface area contributed by atoms with Crippen LogP contribution in [-0.2, 0) is 6.42 Å². The normalized spacial score (nSPS) is 13.4. The minimum absolute atomic E-state index is 0.278. The van der Waals surface area contributed by atoms with Crippen LogP contribution in [0, 0.1) is 0 Å². The van der Waals surface area contributed by atoms with Crippen molar-refractivity contribution < 1.29 is 10.2 Å². The molecule has 0 aliphatic rings. The molecular weight excluding hydrogens is 228 g/mol. The minimum atomic E-state index is -0.595. The summed E-state index contributed by atoms with van der Waals surface area (Å²) >= 11 is 0. The maximum atomic E-state index is 10.0. The fraction of sp³-hybridized carbons (Fsp3) is 0.429. The molecule has 0 radical (unpaired) electrons. The fourth-order valence-corrected chi connectivity index (χ4v) is 2.22. The molecule has 1 aromatic carbocycles. The maximum Gasteiger partial charge on any atom is 0.127 e. The van der Waals surface area contributed by atoms with Gasteiger partial charge in [0.05, 0.1) is 5.52 Å². The highest BCUT2D eigenvalue weighted by Crippen LogP contribution is 2.31. The van der Waals surface area contributed by atoms with Crippen molar-refractivity contribution in [2.24, 2.45) is 0 Å². The van der Waals surface area contributed by atoms with E-state index < -0.39 is 6.23 Å². The van der Waals surface area contributed by atoms with Crippen molar-refractivity contribution in [1.29, 1.82) is 0 Å². The van der Waals surface area contributed by atoms with E-state index in [4.69, 9.17) is 0 Å². The first-order chi connectivity index (χ1) is 8.50. The Hall–Kier alpha value is -1.52. The van der Waals surface area contributed by atoms with Crippen molar-refractivity contribution in [3.63, 3.8) is 0 Å². The minimum Gasteiger partial charge on any atom is -0.507 e. The number of phenolic OH excluding ortho intramolecular Hbond substituents is 1. The molecule has 0 aliphatic carbocycles. The molecule has 1 aromatic heterocycles. The molecule has 2 aromatic rings. The van der Waals surface area contributed by atoms with E-state index in [-0.39, 0.29) is 5.75 Å². The lowest BCUT2D eigenvalue weighted by Gasteiger charge is -2.08. The first-order valence-electron chi connectivity index (χ1n) is 6.15. The van der Waals surface area contributed by atoms with Gasteiger partial charge in [-0.15, -0.1) is 0 Å². The van der Waals surface area contributed by atoms with Gasteiger partial charge in [-0.25, -0.2) is 0 Å². The molecule has 1 heterocycles. The molecule has 0 fully saturated rings. The summed E-state index contributed by atoms with van der Waals surface area (Å²) in [5, 5.41) is 20.6. The Balaban J connectivity index is 2.52. The number of aliphatic hydroxyl groups excluding tert-OH is 1. The number of hydrogen-bond acceptors (Lipinski definition) is 3. The number of likely N-dealkylation sites (N-methyl/N-ethyl adjacent to an activating group) is 1. The van der Waals surface area contributed by atoms with Crippen LogP contribution in [0.15, 0.2) is 24.4 Å². The van der Waals surface area contributed by atoms with Crippen LogP contribution in [0.4, 0.5) is 0 Å². The van der Waals surface area contributed by atoms with Gasteiger partial charge < -0.3 is 19.7 Å². The Morgan fingerprint density at radius 1 is 1.33 bits per heavy atom. The number of aromatic hydroxyl groups is 1. The predicted molar refractivity (Wildman–Crippen MR) is 72.8 cm³/mol. The van der Waals surface area contributed by atoms with Crippen LogP contribution < -0.4 is 0 Å². The topological polar surface area (TPSA) is 48.6 Å². The summed E-state index contributed by atoms with van der Waals surface area (Å²) in [6, 6.07) is 5.40. The third-order valence-electron chi connectivity index (χ3n) is 3.15. The summed E-state index contributed by atoms with van der Waals surface area (Å²) in [5.74, 6) is 0.278. The summed E-state index contributed by atoms with van der Waals surface area (Å²) in [5.41, 5.74) is 1.94. The highest BCUT2D eigenvalue weighted by Gasteiger charge is 2.14. The van der Waals surface area contributed by atoms with E-state index >= 15 is 0 Å². The summed E-state index contributed by atoms with van der Waals surface area (Å²) in [7, 11) is 4.04. The van der Waals surface area contributed by atoms with Gasteiger partial charge in [0.1, 0.15) is 12.0 Å². The van der Waals surface area contributed by atoms with E-state index in [1.165, 1.54) is 0 Å². The van der Waals surface area contributed by atoms with E-state index in [1.54, 1.807) is 23.6 Å². The summed E-state index contributed by atoms with van der Waals surface area (Å²) < 4.78 is 1.79. The molecule has 4 nitrogen and oxygen atoms in total. The lowest BCUT2D eigenvalue weighted by atomic mass is 10.1. The van der Waals surface area contributed by atoms with Crippen molar-refractivity contribution in [2.45, 2.75) is 19.6 Å². The second kappa shape index (κ2) is 5.00. The summed E-state index contributed by atoms with van der Waals surface area (Å²) in [6.07, 6.45) is 2.18. The predicted octanol–water partition coefficient (Wildman–Crippen LogP) is 1.96. The third-order valence-corrected chi connectivity index (χ3v) is 3.15. The van der Waals surface area contributed by atoms with E-state index in [0.29, 0.717) is 0 Å². The van der Waals surface area contributed by atoms with Crippen LogP contribution in [0.1, 0.15) is 18.7 Å². The van der Waals surface area contributed by atoms with Crippen molar-refractivity contribution >= 4 is 10.9 Å². The molecule has 4 heteroatoms. The molecule has 1 unspecified atom stereocenters. The number of fused-ring (bicyclic) bond motifs is 1. The van der Waals surface area contributed by atoms with Gasteiger partial charge in [0.25, 0.3) is 0 Å². The lowest BCUT2D eigenvalue weighted by Crippen LogP contribution is -2.14. The van der Waals surface area contributed by atoms with Crippen LogP contribution in [0.25, 0.3) is 10.9 Å². The molecule has 18 heavy (non-hydrogen) atoms. The molecule has 0 saturated heterocycles. The molecule has 2 N–H and O–H groups in total. The molecule has 0 amide bonds. The standard InChI is InChI=1S/C14H20N2O2/c1-10(17)16-9-11(7-8-15(2)3)14-12(16)5-4-6-13(14)18/h4-6,9-10,17-18H,7-8H2,1-3H3. The molecule has 98 valence electrons. The molecule has 0 saturated carbocycles. The zero-order valence-electron chi connectivity index (χ0n) is 11.1. The Morgan fingerprint density at radius 2 is 2.06 bits per heavy atom. The largest absolute Gasteiger partial charge is 0.507 e. The number of phenols is 1. The lowest BCUT2D eigenvalue weighted by molar-refractivity contribution is 0.129. The van der Waals surface area contributed by atoms with Crippen LogP contribution in [0.2, 0.25) is 0 Å². The number of benzene rings is 1. The van der Waals surface area contributed by atoms with E-state index in [0.717, 1.165) is 29.4 Å². The number of rotatable bonds is 4. The van der Waals surface area contributed by atoms with E-state index in [9.17, 15) is 10.2 Å². The fourth-order valence-electron chi connectivity index (χ4n) is 2.22. The van der Waals surface area contributed by atoms with Crippen molar-refractivity contribution in [2.75, 3.05) is 20.6 Å². The Kier molecular flexibility index (Phi) is 3.59. The molecular formula is C14H20N2O2. The molecule has 0 aliphatic heterocycles.